The maximum atomic E-state index is 12.6. The first-order chi connectivity index (χ1) is 13.6. The average molecular weight is 434 g/mol. The molecule has 0 bridgehead atoms. The molecule has 1 atom stereocenters. The third-order valence-corrected chi connectivity index (χ3v) is 6.52. The van der Waals surface area contributed by atoms with Gasteiger partial charge in [0.15, 0.2) is 0 Å². The number of rotatable bonds is 8. The number of ether oxygens (including phenoxy) is 1. The van der Waals surface area contributed by atoms with Crippen LogP contribution in [0.25, 0.3) is 10.1 Å². The van der Waals surface area contributed by atoms with E-state index in [0.717, 1.165) is 20.7 Å². The molecular weight excluding hydrogens is 414 g/mol. The quantitative estimate of drug-likeness (QED) is 0.499. The fraction of sp³-hybridized carbons (Fsp3) is 0.238. The highest BCUT2D eigenvalue weighted by Crippen LogP contribution is 2.35. The Bertz CT molecular complexity index is 959. The lowest BCUT2D eigenvalue weighted by molar-refractivity contribution is -0.147. The number of hydrogen-bond acceptors (Lipinski definition) is 5. The van der Waals surface area contributed by atoms with E-state index in [1.165, 1.54) is 11.3 Å². The highest BCUT2D eigenvalue weighted by Gasteiger charge is 2.23. The highest BCUT2D eigenvalue weighted by atomic mass is 35.5. The van der Waals surface area contributed by atoms with Crippen molar-refractivity contribution in [3.8, 4) is 0 Å². The maximum absolute atomic E-state index is 12.6. The van der Waals surface area contributed by atoms with Crippen LogP contribution in [0, 0.1) is 0 Å². The molecule has 0 fully saturated rings. The van der Waals surface area contributed by atoms with Crippen molar-refractivity contribution >= 4 is 56.7 Å². The van der Waals surface area contributed by atoms with Crippen molar-refractivity contribution in [2.75, 3.05) is 12.0 Å². The van der Waals surface area contributed by atoms with Gasteiger partial charge in [-0.15, -0.1) is 11.3 Å². The monoisotopic (exact) mass is 433 g/mol. The minimum absolute atomic E-state index is 0.0913. The van der Waals surface area contributed by atoms with Crippen molar-refractivity contribution in [3.05, 3.63) is 70.1 Å². The molecule has 3 aromatic rings. The number of hydrogen-bond donors (Lipinski definition) is 1. The molecule has 0 radical (unpaired) electrons. The van der Waals surface area contributed by atoms with E-state index >= 15 is 0 Å². The Hall–Kier alpha value is -2.02. The summed E-state index contributed by atoms with van der Waals surface area (Å²) in [5.74, 6) is -0.00577. The molecule has 0 spiro atoms. The van der Waals surface area contributed by atoms with E-state index in [-0.39, 0.29) is 12.5 Å². The van der Waals surface area contributed by atoms with Gasteiger partial charge in [0.2, 0.25) is 0 Å². The number of carbonyl (C=O) groups is 2. The zero-order valence-electron chi connectivity index (χ0n) is 15.3. The Morgan fingerprint density at radius 1 is 1.14 bits per heavy atom. The number of thioether (sulfide) groups is 1. The molecule has 1 amide bonds. The van der Waals surface area contributed by atoms with Gasteiger partial charge in [-0.2, -0.15) is 11.8 Å². The topological polar surface area (TPSA) is 55.4 Å². The van der Waals surface area contributed by atoms with Crippen LogP contribution in [0.15, 0.2) is 54.6 Å². The Balaban J connectivity index is 1.66. The van der Waals surface area contributed by atoms with Crippen LogP contribution in [-0.4, -0.2) is 29.9 Å². The number of amides is 1. The SMILES string of the molecule is CSCCC(NC(=O)c1ccccc1)C(=O)OCc1sc2ccccc2c1Cl. The maximum Gasteiger partial charge on any atom is 0.329 e. The molecule has 28 heavy (non-hydrogen) atoms. The molecule has 7 heteroatoms. The second-order valence-corrected chi connectivity index (χ2v) is 8.62. The smallest absolute Gasteiger partial charge is 0.329 e. The van der Waals surface area contributed by atoms with Crippen LogP contribution in [0.1, 0.15) is 21.7 Å². The lowest BCUT2D eigenvalue weighted by Crippen LogP contribution is -2.42. The molecule has 0 saturated heterocycles. The molecule has 0 aliphatic heterocycles. The first kappa shape index (κ1) is 20.7. The van der Waals surface area contributed by atoms with E-state index in [1.54, 1.807) is 36.0 Å². The van der Waals surface area contributed by atoms with Crippen LogP contribution in [0.5, 0.6) is 0 Å². The summed E-state index contributed by atoms with van der Waals surface area (Å²) in [6.07, 6.45) is 2.46. The molecule has 1 unspecified atom stereocenters. The van der Waals surface area contributed by atoms with Gasteiger partial charge in [-0.05, 0) is 36.6 Å². The van der Waals surface area contributed by atoms with E-state index in [2.05, 4.69) is 5.32 Å². The molecule has 4 nitrogen and oxygen atoms in total. The Kier molecular flexibility index (Phi) is 7.36. The molecule has 0 aliphatic rings. The summed E-state index contributed by atoms with van der Waals surface area (Å²) in [6.45, 7) is 0.0913. The number of nitrogens with one attached hydrogen (secondary N) is 1. The number of halogens is 1. The van der Waals surface area contributed by atoms with Gasteiger partial charge in [0.05, 0.1) is 9.90 Å². The van der Waals surface area contributed by atoms with Gasteiger partial charge >= 0.3 is 5.97 Å². The molecule has 2 aromatic carbocycles. The fourth-order valence-electron chi connectivity index (χ4n) is 2.71. The van der Waals surface area contributed by atoms with Crippen LogP contribution < -0.4 is 5.32 Å². The lowest BCUT2D eigenvalue weighted by atomic mass is 10.1. The molecular formula is C21H20ClNO3S2. The predicted octanol–water partition coefficient (Wildman–Crippen LogP) is 5.15. The molecule has 1 heterocycles. The van der Waals surface area contributed by atoms with E-state index in [9.17, 15) is 9.59 Å². The van der Waals surface area contributed by atoms with Crippen molar-refractivity contribution in [2.45, 2.75) is 19.1 Å². The molecule has 1 N–H and O–H groups in total. The summed E-state index contributed by atoms with van der Waals surface area (Å²) in [5, 5.41) is 4.36. The van der Waals surface area contributed by atoms with Crippen LogP contribution in [0.3, 0.4) is 0 Å². The Morgan fingerprint density at radius 2 is 1.86 bits per heavy atom. The van der Waals surface area contributed by atoms with Gasteiger partial charge in [-0.25, -0.2) is 4.79 Å². The number of esters is 1. The zero-order valence-corrected chi connectivity index (χ0v) is 17.7. The number of thiophene rings is 1. The van der Waals surface area contributed by atoms with Gasteiger partial charge in [-0.3, -0.25) is 4.79 Å². The van der Waals surface area contributed by atoms with Crippen molar-refractivity contribution in [1.82, 2.24) is 5.32 Å². The number of benzene rings is 2. The Labute approximate surface area is 177 Å². The molecule has 146 valence electrons. The van der Waals surface area contributed by atoms with Crippen molar-refractivity contribution in [1.29, 1.82) is 0 Å². The summed E-state index contributed by atoms with van der Waals surface area (Å²) in [4.78, 5) is 25.9. The van der Waals surface area contributed by atoms with Crippen LogP contribution >= 0.6 is 34.7 Å². The minimum atomic E-state index is -0.701. The normalized spacial score (nSPS) is 11.9. The van der Waals surface area contributed by atoms with Crippen molar-refractivity contribution in [2.24, 2.45) is 0 Å². The summed E-state index contributed by atoms with van der Waals surface area (Å²) in [5.41, 5.74) is 0.511. The summed E-state index contributed by atoms with van der Waals surface area (Å²) in [6, 6.07) is 15.9. The van der Waals surface area contributed by atoms with Gasteiger partial charge < -0.3 is 10.1 Å². The van der Waals surface area contributed by atoms with Crippen LogP contribution in [-0.2, 0) is 16.1 Å². The number of carbonyl (C=O) groups excluding carboxylic acids is 2. The molecule has 0 saturated carbocycles. The van der Waals surface area contributed by atoms with Crippen LogP contribution in [0.4, 0.5) is 0 Å². The average Bonchev–Trinajstić information content (AvgIpc) is 3.05. The van der Waals surface area contributed by atoms with E-state index in [0.29, 0.717) is 17.0 Å². The fourth-order valence-corrected chi connectivity index (χ4v) is 4.58. The summed E-state index contributed by atoms with van der Waals surface area (Å²) in [7, 11) is 0. The lowest BCUT2D eigenvalue weighted by Gasteiger charge is -2.17. The van der Waals surface area contributed by atoms with Crippen LogP contribution in [0.2, 0.25) is 5.02 Å². The second kappa shape index (κ2) is 9.96. The third kappa shape index (κ3) is 5.07. The van der Waals surface area contributed by atoms with Crippen molar-refractivity contribution in [3.63, 3.8) is 0 Å². The van der Waals surface area contributed by atoms with Gasteiger partial charge in [-0.1, -0.05) is 48.0 Å². The first-order valence-electron chi connectivity index (χ1n) is 8.77. The standard InChI is InChI=1S/C21H20ClNO3S2/c1-27-12-11-16(23-20(24)14-7-3-2-4-8-14)21(25)26-13-18-19(22)15-9-5-6-10-17(15)28-18/h2-10,16H,11-13H2,1H3,(H,23,24). The highest BCUT2D eigenvalue weighted by molar-refractivity contribution is 7.98. The number of fused-ring (bicyclic) bond motifs is 1. The van der Waals surface area contributed by atoms with E-state index < -0.39 is 12.0 Å². The first-order valence-corrected chi connectivity index (χ1v) is 11.4. The summed E-state index contributed by atoms with van der Waals surface area (Å²) >= 11 is 9.53. The van der Waals surface area contributed by atoms with Gasteiger partial charge in [0.25, 0.3) is 5.91 Å². The van der Waals surface area contributed by atoms with E-state index in [1.807, 2.05) is 36.6 Å². The summed E-state index contributed by atoms with van der Waals surface area (Å²) < 4.78 is 6.55. The zero-order chi connectivity index (χ0) is 19.9. The van der Waals surface area contributed by atoms with E-state index in [4.69, 9.17) is 16.3 Å². The second-order valence-electron chi connectivity index (χ2n) is 6.12. The Morgan fingerprint density at radius 3 is 2.57 bits per heavy atom. The third-order valence-electron chi connectivity index (χ3n) is 4.18. The van der Waals surface area contributed by atoms with Gasteiger partial charge in [0.1, 0.15) is 12.6 Å². The minimum Gasteiger partial charge on any atom is -0.458 e. The molecule has 1 aromatic heterocycles. The van der Waals surface area contributed by atoms with Crippen molar-refractivity contribution < 1.29 is 14.3 Å². The largest absolute Gasteiger partial charge is 0.458 e. The van der Waals surface area contributed by atoms with Gasteiger partial charge in [0, 0.05) is 15.6 Å². The molecule has 3 rings (SSSR count). The molecule has 0 aliphatic carbocycles. The predicted molar refractivity (Wildman–Crippen MR) is 117 cm³/mol.